The van der Waals surface area contributed by atoms with E-state index in [9.17, 15) is 22.8 Å². The van der Waals surface area contributed by atoms with Gasteiger partial charge in [-0.25, -0.2) is 13.1 Å². The van der Waals surface area contributed by atoms with Crippen molar-refractivity contribution in [1.29, 1.82) is 0 Å². The summed E-state index contributed by atoms with van der Waals surface area (Å²) in [6.07, 6.45) is 0. The molecule has 9 heteroatoms. The molecule has 170 valence electrons. The molecule has 0 heterocycles. The Bertz CT molecular complexity index is 1260. The summed E-state index contributed by atoms with van der Waals surface area (Å²) in [5, 5.41) is 2.61. The van der Waals surface area contributed by atoms with Crippen LogP contribution in [0.5, 0.6) is 0 Å². The van der Waals surface area contributed by atoms with E-state index in [0.717, 1.165) is 0 Å². The van der Waals surface area contributed by atoms with Crippen LogP contribution in [-0.4, -0.2) is 26.0 Å². The summed E-state index contributed by atoms with van der Waals surface area (Å²) in [7, 11) is -3.78. The molecule has 0 radical (unpaired) electrons. The maximum Gasteiger partial charge on any atom is 0.252 e. The van der Waals surface area contributed by atoms with Gasteiger partial charge in [0.1, 0.15) is 6.04 Å². The minimum absolute atomic E-state index is 0.00657. The number of ketones is 1. The van der Waals surface area contributed by atoms with Crippen LogP contribution in [0.2, 0.25) is 0 Å². The lowest BCUT2D eigenvalue weighted by Gasteiger charge is -2.16. The lowest BCUT2D eigenvalue weighted by atomic mass is 10.1. The number of benzene rings is 3. The number of nitrogens with one attached hydrogen (secondary N) is 2. The molecule has 0 saturated heterocycles. The average molecular weight is 466 g/mol. The second-order valence-electron chi connectivity index (χ2n) is 7.32. The summed E-state index contributed by atoms with van der Waals surface area (Å²) >= 11 is 0. The maximum absolute atomic E-state index is 12.6. The van der Waals surface area contributed by atoms with Gasteiger partial charge < -0.3 is 11.1 Å². The van der Waals surface area contributed by atoms with Crippen molar-refractivity contribution in [2.24, 2.45) is 5.73 Å². The molecule has 4 N–H and O–H groups in total. The molecule has 3 aromatic rings. The summed E-state index contributed by atoms with van der Waals surface area (Å²) in [5.41, 5.74) is 7.35. The summed E-state index contributed by atoms with van der Waals surface area (Å²) in [6.45, 7) is 1.41. The highest BCUT2D eigenvalue weighted by Crippen LogP contribution is 2.15. The molecule has 0 spiro atoms. The second-order valence-corrected chi connectivity index (χ2v) is 9.09. The second kappa shape index (κ2) is 10.2. The number of rotatable bonds is 9. The number of Topliss-reactive ketones (excluding diaryl/α,β-unsaturated/α-hetero) is 1. The first-order valence-electron chi connectivity index (χ1n) is 10.0. The Labute approximate surface area is 191 Å². The lowest BCUT2D eigenvalue weighted by Crippen LogP contribution is -2.37. The van der Waals surface area contributed by atoms with Crippen LogP contribution in [0.1, 0.15) is 44.8 Å². The number of hydrogen-bond acceptors (Lipinski definition) is 5. The molecule has 0 fully saturated rings. The molecule has 0 aromatic heterocycles. The normalized spacial score (nSPS) is 12.0. The van der Waals surface area contributed by atoms with E-state index in [0.29, 0.717) is 22.3 Å². The topological polar surface area (TPSA) is 135 Å². The van der Waals surface area contributed by atoms with Crippen molar-refractivity contribution >= 4 is 27.6 Å². The van der Waals surface area contributed by atoms with Gasteiger partial charge in [0.15, 0.2) is 5.78 Å². The van der Waals surface area contributed by atoms with E-state index in [2.05, 4.69) is 10.0 Å². The standard InChI is InChI=1S/C24H23N3O5S/c1-16(28)18-11-13-21(14-12-18)33(31,32)26-15-17-7-9-20(10-8-17)24(30)27-22(23(25)29)19-5-3-2-4-6-19/h2-14,22,26H,15H2,1H3,(H2,25,29)(H,27,30). The Kier molecular flexibility index (Phi) is 7.37. The summed E-state index contributed by atoms with van der Waals surface area (Å²) < 4.78 is 27.4. The summed E-state index contributed by atoms with van der Waals surface area (Å²) in [6, 6.07) is 19.6. The monoisotopic (exact) mass is 465 g/mol. The van der Waals surface area contributed by atoms with Crippen LogP contribution >= 0.6 is 0 Å². The van der Waals surface area contributed by atoms with Crippen LogP contribution in [0, 0.1) is 0 Å². The molecular weight excluding hydrogens is 442 g/mol. The van der Waals surface area contributed by atoms with Crippen LogP contribution < -0.4 is 15.8 Å². The maximum atomic E-state index is 12.6. The zero-order chi connectivity index (χ0) is 24.0. The molecule has 3 rings (SSSR count). The fourth-order valence-electron chi connectivity index (χ4n) is 3.08. The van der Waals surface area contributed by atoms with Gasteiger partial charge in [0.05, 0.1) is 4.90 Å². The molecule has 3 aromatic carbocycles. The highest BCUT2D eigenvalue weighted by Gasteiger charge is 2.21. The fraction of sp³-hybridized carbons (Fsp3) is 0.125. The van der Waals surface area contributed by atoms with Crippen LogP contribution in [-0.2, 0) is 21.4 Å². The molecule has 0 aliphatic heterocycles. The highest BCUT2D eigenvalue weighted by atomic mass is 32.2. The van der Waals surface area contributed by atoms with Crippen molar-refractivity contribution in [3.8, 4) is 0 Å². The SMILES string of the molecule is CC(=O)c1ccc(S(=O)(=O)NCc2ccc(C(=O)NC(C(N)=O)c3ccccc3)cc2)cc1. The molecular formula is C24H23N3O5S. The molecule has 33 heavy (non-hydrogen) atoms. The Morgan fingerprint density at radius 2 is 1.42 bits per heavy atom. The zero-order valence-electron chi connectivity index (χ0n) is 17.8. The number of primary amides is 1. The van der Waals surface area contributed by atoms with Gasteiger partial charge in [-0.1, -0.05) is 54.6 Å². The van der Waals surface area contributed by atoms with E-state index in [4.69, 9.17) is 5.73 Å². The predicted octanol–water partition coefficient (Wildman–Crippen LogP) is 2.32. The average Bonchev–Trinajstić information content (AvgIpc) is 2.82. The van der Waals surface area contributed by atoms with Gasteiger partial charge in [0.2, 0.25) is 15.9 Å². The molecule has 1 atom stereocenters. The van der Waals surface area contributed by atoms with E-state index < -0.39 is 27.9 Å². The van der Waals surface area contributed by atoms with Gasteiger partial charge in [-0.3, -0.25) is 14.4 Å². The highest BCUT2D eigenvalue weighted by molar-refractivity contribution is 7.89. The van der Waals surface area contributed by atoms with E-state index in [1.807, 2.05) is 0 Å². The third-order valence-corrected chi connectivity index (χ3v) is 6.36. The number of amides is 2. The van der Waals surface area contributed by atoms with Gasteiger partial charge in [-0.15, -0.1) is 0 Å². The van der Waals surface area contributed by atoms with Gasteiger partial charge in [-0.05, 0) is 42.3 Å². The lowest BCUT2D eigenvalue weighted by molar-refractivity contribution is -0.120. The Balaban J connectivity index is 1.64. The third-order valence-electron chi connectivity index (χ3n) is 4.95. The minimum Gasteiger partial charge on any atom is -0.368 e. The number of carbonyl (C=O) groups excluding carboxylic acids is 3. The van der Waals surface area contributed by atoms with Crippen molar-refractivity contribution in [1.82, 2.24) is 10.0 Å². The molecule has 0 bridgehead atoms. The fourth-order valence-corrected chi connectivity index (χ4v) is 4.10. The van der Waals surface area contributed by atoms with Gasteiger partial charge in [0, 0.05) is 17.7 Å². The third kappa shape index (κ3) is 6.12. The Morgan fingerprint density at radius 3 is 1.97 bits per heavy atom. The number of hydrogen-bond donors (Lipinski definition) is 3. The van der Waals surface area contributed by atoms with Crippen LogP contribution in [0.3, 0.4) is 0 Å². The summed E-state index contributed by atoms with van der Waals surface area (Å²) in [4.78, 5) is 35.7. The van der Waals surface area contributed by atoms with E-state index in [-0.39, 0.29) is 17.2 Å². The molecule has 0 aliphatic rings. The first-order valence-corrected chi connectivity index (χ1v) is 11.5. The number of sulfonamides is 1. The summed E-state index contributed by atoms with van der Waals surface area (Å²) in [5.74, 6) is -1.32. The van der Waals surface area contributed by atoms with Crippen molar-refractivity contribution in [2.75, 3.05) is 0 Å². The van der Waals surface area contributed by atoms with Crippen molar-refractivity contribution < 1.29 is 22.8 Å². The van der Waals surface area contributed by atoms with Crippen LogP contribution in [0.4, 0.5) is 0 Å². The van der Waals surface area contributed by atoms with Crippen molar-refractivity contribution in [3.05, 3.63) is 101 Å². The Morgan fingerprint density at radius 1 is 0.848 bits per heavy atom. The van der Waals surface area contributed by atoms with E-state index in [1.54, 1.807) is 42.5 Å². The number of carbonyl (C=O) groups is 3. The van der Waals surface area contributed by atoms with Crippen LogP contribution in [0.25, 0.3) is 0 Å². The minimum atomic E-state index is -3.78. The van der Waals surface area contributed by atoms with Gasteiger partial charge >= 0.3 is 0 Å². The largest absolute Gasteiger partial charge is 0.368 e. The number of nitrogens with two attached hydrogens (primary N) is 1. The molecule has 1 unspecified atom stereocenters. The zero-order valence-corrected chi connectivity index (χ0v) is 18.6. The molecule has 8 nitrogen and oxygen atoms in total. The van der Waals surface area contributed by atoms with Gasteiger partial charge in [0.25, 0.3) is 5.91 Å². The van der Waals surface area contributed by atoms with E-state index in [1.165, 1.54) is 43.3 Å². The molecule has 0 aliphatic carbocycles. The van der Waals surface area contributed by atoms with E-state index >= 15 is 0 Å². The van der Waals surface area contributed by atoms with Crippen molar-refractivity contribution in [2.45, 2.75) is 24.4 Å². The van der Waals surface area contributed by atoms with Crippen molar-refractivity contribution in [3.63, 3.8) is 0 Å². The molecule has 2 amide bonds. The predicted molar refractivity (Wildman–Crippen MR) is 123 cm³/mol. The first kappa shape index (κ1) is 23.8. The quantitative estimate of drug-likeness (QED) is 0.417. The molecule has 0 saturated carbocycles. The first-order chi connectivity index (χ1) is 15.7. The Hall–Kier alpha value is -3.82. The van der Waals surface area contributed by atoms with Gasteiger partial charge in [-0.2, -0.15) is 0 Å². The smallest absolute Gasteiger partial charge is 0.252 e. The van der Waals surface area contributed by atoms with Crippen LogP contribution in [0.15, 0.2) is 83.8 Å².